The highest BCUT2D eigenvalue weighted by Gasteiger charge is 2.17. The van der Waals surface area contributed by atoms with Crippen molar-refractivity contribution >= 4 is 37.5 Å². The third kappa shape index (κ3) is 4.21. The van der Waals surface area contributed by atoms with Crippen LogP contribution in [0.25, 0.3) is 0 Å². The Hall–Kier alpha value is -1.08. The quantitative estimate of drug-likeness (QED) is 0.907. The summed E-state index contributed by atoms with van der Waals surface area (Å²) in [6.07, 6.45) is 0. The Labute approximate surface area is 122 Å². The first kappa shape index (κ1) is 16.0. The Morgan fingerprint density at radius 1 is 1.26 bits per heavy atom. The number of carbonyl (C=O) groups is 1. The number of rotatable bonds is 4. The molecule has 0 aliphatic heterocycles. The second-order valence-electron chi connectivity index (χ2n) is 4.62. The van der Waals surface area contributed by atoms with Crippen LogP contribution < -0.4 is 4.72 Å². The van der Waals surface area contributed by atoms with Crippen molar-refractivity contribution in [3.05, 3.63) is 28.2 Å². The molecule has 7 heteroatoms. The lowest BCUT2D eigenvalue weighted by atomic mass is 10.2. The molecule has 0 aliphatic carbocycles. The molecule has 1 rings (SSSR count). The molecule has 0 heterocycles. The van der Waals surface area contributed by atoms with Crippen LogP contribution in [0.15, 0.2) is 22.7 Å². The topological polar surface area (TPSA) is 66.5 Å². The Bertz CT molecular complexity index is 583. The van der Waals surface area contributed by atoms with Crippen LogP contribution in [0, 0.1) is 0 Å². The van der Waals surface area contributed by atoms with E-state index in [1.54, 1.807) is 40.1 Å². The molecule has 1 aromatic rings. The fraction of sp³-hybridized carbons (Fsp3) is 0.417. The van der Waals surface area contributed by atoms with E-state index in [0.717, 1.165) is 0 Å². The number of carbonyl (C=O) groups excluding carboxylic acids is 1. The highest BCUT2D eigenvalue weighted by atomic mass is 79.9. The van der Waals surface area contributed by atoms with Crippen molar-refractivity contribution in [2.75, 3.05) is 18.8 Å². The molecule has 1 N–H and O–H groups in total. The predicted octanol–water partition coefficient (Wildman–Crippen LogP) is 2.30. The van der Waals surface area contributed by atoms with E-state index in [-0.39, 0.29) is 5.91 Å². The zero-order chi connectivity index (χ0) is 14.8. The molecule has 1 amide bonds. The van der Waals surface area contributed by atoms with Crippen molar-refractivity contribution in [2.45, 2.75) is 19.1 Å². The van der Waals surface area contributed by atoms with Crippen LogP contribution in [0.1, 0.15) is 24.2 Å². The standard InChI is InChI=1S/C12H17BrN2O3S/c1-8(2)19(17,18)14-11-6-9(5-10(13)7-11)12(16)15(3)4/h5-8,14H,1-4H3. The summed E-state index contributed by atoms with van der Waals surface area (Å²) in [4.78, 5) is 13.3. The van der Waals surface area contributed by atoms with Gasteiger partial charge in [-0.3, -0.25) is 9.52 Å². The molecule has 5 nitrogen and oxygen atoms in total. The molecule has 0 saturated carbocycles. The lowest BCUT2D eigenvalue weighted by Gasteiger charge is -2.14. The molecular weight excluding hydrogens is 332 g/mol. The lowest BCUT2D eigenvalue weighted by molar-refractivity contribution is 0.0827. The van der Waals surface area contributed by atoms with Crippen LogP contribution in [-0.4, -0.2) is 38.6 Å². The summed E-state index contributed by atoms with van der Waals surface area (Å²) in [5.41, 5.74) is 0.786. The van der Waals surface area contributed by atoms with Crippen LogP contribution in [0.4, 0.5) is 5.69 Å². The second kappa shape index (κ2) is 5.92. The third-order valence-corrected chi connectivity index (χ3v) is 4.65. The van der Waals surface area contributed by atoms with Gasteiger partial charge in [-0.15, -0.1) is 0 Å². The van der Waals surface area contributed by atoms with E-state index in [4.69, 9.17) is 0 Å². The van der Waals surface area contributed by atoms with Gasteiger partial charge in [-0.1, -0.05) is 15.9 Å². The Morgan fingerprint density at radius 3 is 2.32 bits per heavy atom. The van der Waals surface area contributed by atoms with Crippen molar-refractivity contribution in [2.24, 2.45) is 0 Å². The highest BCUT2D eigenvalue weighted by Crippen LogP contribution is 2.22. The number of amides is 1. The van der Waals surface area contributed by atoms with Crippen LogP contribution in [0.5, 0.6) is 0 Å². The summed E-state index contributed by atoms with van der Waals surface area (Å²) in [7, 11) is -0.146. The largest absolute Gasteiger partial charge is 0.345 e. The van der Waals surface area contributed by atoms with Crippen LogP contribution in [0.2, 0.25) is 0 Å². The number of hydrogen-bond acceptors (Lipinski definition) is 3. The number of nitrogens with zero attached hydrogens (tertiary/aromatic N) is 1. The zero-order valence-electron chi connectivity index (χ0n) is 11.3. The van der Waals surface area contributed by atoms with Crippen molar-refractivity contribution < 1.29 is 13.2 Å². The molecule has 0 saturated heterocycles. The monoisotopic (exact) mass is 348 g/mol. The van der Waals surface area contributed by atoms with Gasteiger partial charge < -0.3 is 4.90 Å². The molecule has 0 fully saturated rings. The maximum absolute atomic E-state index is 11.9. The molecule has 0 aliphatic rings. The van der Waals surface area contributed by atoms with Gasteiger partial charge in [0.15, 0.2) is 0 Å². The molecule has 0 atom stereocenters. The Kier molecular flexibility index (Phi) is 4.98. The fourth-order valence-corrected chi connectivity index (χ4v) is 2.49. The van der Waals surface area contributed by atoms with Crippen LogP contribution in [0.3, 0.4) is 0 Å². The first-order valence-electron chi connectivity index (χ1n) is 5.67. The molecule has 0 spiro atoms. The highest BCUT2D eigenvalue weighted by molar-refractivity contribution is 9.10. The summed E-state index contributed by atoms with van der Waals surface area (Å²) in [6.45, 7) is 3.18. The van der Waals surface area contributed by atoms with Crippen molar-refractivity contribution in [1.82, 2.24) is 4.90 Å². The first-order valence-corrected chi connectivity index (χ1v) is 8.01. The number of hydrogen-bond donors (Lipinski definition) is 1. The number of sulfonamides is 1. The molecule has 19 heavy (non-hydrogen) atoms. The molecule has 106 valence electrons. The SMILES string of the molecule is CC(C)S(=O)(=O)Nc1cc(Br)cc(C(=O)N(C)C)c1. The van der Waals surface area contributed by atoms with Gasteiger partial charge in [0.1, 0.15) is 0 Å². The predicted molar refractivity (Wildman–Crippen MR) is 79.8 cm³/mol. The number of halogens is 1. The van der Waals surface area contributed by atoms with Gasteiger partial charge in [0.25, 0.3) is 5.91 Å². The van der Waals surface area contributed by atoms with Crippen molar-refractivity contribution in [3.8, 4) is 0 Å². The summed E-state index contributed by atoms with van der Waals surface area (Å²) >= 11 is 3.27. The van der Waals surface area contributed by atoms with Crippen molar-refractivity contribution in [1.29, 1.82) is 0 Å². The van der Waals surface area contributed by atoms with Gasteiger partial charge in [0, 0.05) is 24.1 Å². The lowest BCUT2D eigenvalue weighted by Crippen LogP contribution is -2.24. The maximum atomic E-state index is 11.9. The smallest absolute Gasteiger partial charge is 0.253 e. The first-order chi connectivity index (χ1) is 8.63. The van der Waals surface area contributed by atoms with E-state index in [1.165, 1.54) is 11.0 Å². The zero-order valence-corrected chi connectivity index (χ0v) is 13.7. The fourth-order valence-electron chi connectivity index (χ4n) is 1.31. The summed E-state index contributed by atoms with van der Waals surface area (Å²) in [5.74, 6) is -0.189. The maximum Gasteiger partial charge on any atom is 0.253 e. The van der Waals surface area contributed by atoms with E-state index in [2.05, 4.69) is 20.7 Å². The molecule has 0 bridgehead atoms. The molecular formula is C12H17BrN2O3S. The average Bonchev–Trinajstić information content (AvgIpc) is 2.26. The minimum absolute atomic E-state index is 0.189. The number of benzene rings is 1. The van der Waals surface area contributed by atoms with E-state index >= 15 is 0 Å². The van der Waals surface area contributed by atoms with Gasteiger partial charge in [-0.2, -0.15) is 0 Å². The Balaban J connectivity index is 3.15. The molecule has 0 radical (unpaired) electrons. The van der Waals surface area contributed by atoms with E-state index < -0.39 is 15.3 Å². The van der Waals surface area contributed by atoms with Crippen LogP contribution >= 0.6 is 15.9 Å². The van der Waals surface area contributed by atoms with Gasteiger partial charge in [-0.05, 0) is 32.0 Å². The minimum atomic E-state index is -3.43. The summed E-state index contributed by atoms with van der Waals surface area (Å²) in [6, 6.07) is 4.79. The van der Waals surface area contributed by atoms with Gasteiger partial charge in [0.2, 0.25) is 10.0 Å². The van der Waals surface area contributed by atoms with E-state index in [0.29, 0.717) is 15.7 Å². The number of nitrogens with one attached hydrogen (secondary N) is 1. The average molecular weight is 349 g/mol. The molecule has 1 aromatic carbocycles. The van der Waals surface area contributed by atoms with Crippen LogP contribution in [-0.2, 0) is 10.0 Å². The van der Waals surface area contributed by atoms with E-state index in [9.17, 15) is 13.2 Å². The van der Waals surface area contributed by atoms with Gasteiger partial charge >= 0.3 is 0 Å². The Morgan fingerprint density at radius 2 is 1.84 bits per heavy atom. The second-order valence-corrected chi connectivity index (χ2v) is 7.78. The third-order valence-electron chi connectivity index (χ3n) is 2.43. The van der Waals surface area contributed by atoms with Crippen molar-refractivity contribution in [3.63, 3.8) is 0 Å². The molecule has 0 aromatic heterocycles. The van der Waals surface area contributed by atoms with Gasteiger partial charge in [-0.25, -0.2) is 8.42 Å². The van der Waals surface area contributed by atoms with Gasteiger partial charge in [0.05, 0.1) is 10.9 Å². The molecule has 0 unspecified atom stereocenters. The summed E-state index contributed by atoms with van der Waals surface area (Å²) < 4.78 is 26.7. The minimum Gasteiger partial charge on any atom is -0.345 e. The normalized spacial score (nSPS) is 11.5. The summed E-state index contributed by atoms with van der Waals surface area (Å²) in [5, 5.41) is -0.542. The van der Waals surface area contributed by atoms with E-state index in [1.807, 2.05) is 0 Å². The number of anilines is 1.